The van der Waals surface area contributed by atoms with Gasteiger partial charge in [-0.1, -0.05) is 0 Å². The number of aliphatic hydroxyl groups excluding tert-OH is 2. The smallest absolute Gasteiger partial charge is 0.303 e. The van der Waals surface area contributed by atoms with Crippen molar-refractivity contribution in [1.82, 2.24) is 0 Å². The van der Waals surface area contributed by atoms with Crippen LogP contribution in [0.3, 0.4) is 0 Å². The summed E-state index contributed by atoms with van der Waals surface area (Å²) >= 11 is 0. The largest absolute Gasteiger partial charge is 0.463 e. The van der Waals surface area contributed by atoms with E-state index in [9.17, 15) is 19.8 Å². The molecule has 0 aromatic carbocycles. The Morgan fingerprint density at radius 3 is 2.38 bits per heavy atom. The lowest BCUT2D eigenvalue weighted by molar-refractivity contribution is -0.159. The van der Waals surface area contributed by atoms with Crippen LogP contribution in [0.15, 0.2) is 0 Å². The molecule has 7 heteroatoms. The standard InChI is InChI=1S/C9H14O7/c1-4(10)14-3-6-8(15-5(2)11)7(12)9(13)16-6/h6-9,12-13H,3H2,1-2H3/t6-,7+,8-,9+/m0/s1. The van der Waals surface area contributed by atoms with Gasteiger partial charge in [0.1, 0.15) is 18.8 Å². The van der Waals surface area contributed by atoms with Crippen LogP contribution in [-0.4, -0.2) is 53.4 Å². The highest BCUT2D eigenvalue weighted by atomic mass is 16.7. The lowest BCUT2D eigenvalue weighted by atomic mass is 10.1. The minimum atomic E-state index is -1.45. The molecule has 0 aliphatic carbocycles. The van der Waals surface area contributed by atoms with Crippen molar-refractivity contribution in [1.29, 1.82) is 0 Å². The van der Waals surface area contributed by atoms with Crippen molar-refractivity contribution in [3.8, 4) is 0 Å². The average Bonchev–Trinajstić information content (AvgIpc) is 2.42. The second kappa shape index (κ2) is 5.24. The number of esters is 2. The molecule has 1 aliphatic rings. The molecular formula is C9H14O7. The summed E-state index contributed by atoms with van der Waals surface area (Å²) in [4.78, 5) is 21.3. The number of rotatable bonds is 3. The van der Waals surface area contributed by atoms with Gasteiger partial charge >= 0.3 is 11.9 Å². The molecule has 1 fully saturated rings. The van der Waals surface area contributed by atoms with Gasteiger partial charge in [-0.15, -0.1) is 0 Å². The van der Waals surface area contributed by atoms with E-state index in [4.69, 9.17) is 9.47 Å². The Labute approximate surface area is 91.9 Å². The van der Waals surface area contributed by atoms with E-state index in [0.29, 0.717) is 0 Å². The van der Waals surface area contributed by atoms with Crippen LogP contribution >= 0.6 is 0 Å². The number of hydrogen-bond acceptors (Lipinski definition) is 7. The maximum absolute atomic E-state index is 10.8. The summed E-state index contributed by atoms with van der Waals surface area (Å²) in [5, 5.41) is 18.7. The molecule has 2 N–H and O–H groups in total. The van der Waals surface area contributed by atoms with Gasteiger partial charge in [-0.3, -0.25) is 9.59 Å². The zero-order chi connectivity index (χ0) is 12.3. The summed E-state index contributed by atoms with van der Waals surface area (Å²) in [6.07, 6.45) is -4.70. The minimum Gasteiger partial charge on any atom is -0.463 e. The van der Waals surface area contributed by atoms with E-state index in [1.807, 2.05) is 0 Å². The first-order chi connectivity index (χ1) is 7.41. The third kappa shape index (κ3) is 3.16. The Hall–Kier alpha value is -1.18. The summed E-state index contributed by atoms with van der Waals surface area (Å²) in [5.41, 5.74) is 0. The monoisotopic (exact) mass is 234 g/mol. The molecule has 4 atom stereocenters. The van der Waals surface area contributed by atoms with Crippen LogP contribution in [0, 0.1) is 0 Å². The van der Waals surface area contributed by atoms with E-state index >= 15 is 0 Å². The van der Waals surface area contributed by atoms with Crippen LogP contribution in [0.1, 0.15) is 13.8 Å². The maximum Gasteiger partial charge on any atom is 0.303 e. The zero-order valence-corrected chi connectivity index (χ0v) is 8.95. The van der Waals surface area contributed by atoms with Crippen LogP contribution in [-0.2, 0) is 23.8 Å². The van der Waals surface area contributed by atoms with Gasteiger partial charge in [-0.05, 0) is 0 Å². The van der Waals surface area contributed by atoms with Gasteiger partial charge in [0.25, 0.3) is 0 Å². The molecule has 0 unspecified atom stereocenters. The Morgan fingerprint density at radius 1 is 1.25 bits per heavy atom. The molecule has 1 saturated heterocycles. The predicted octanol–water partition coefficient (Wildman–Crippen LogP) is -1.44. The van der Waals surface area contributed by atoms with Gasteiger partial charge in [-0.2, -0.15) is 0 Å². The molecule has 0 aromatic heterocycles. The number of carbonyl (C=O) groups is 2. The van der Waals surface area contributed by atoms with Crippen molar-refractivity contribution in [2.24, 2.45) is 0 Å². The van der Waals surface area contributed by atoms with Crippen molar-refractivity contribution in [3.05, 3.63) is 0 Å². The van der Waals surface area contributed by atoms with Crippen LogP contribution in [0.5, 0.6) is 0 Å². The van der Waals surface area contributed by atoms with Gasteiger partial charge < -0.3 is 24.4 Å². The Kier molecular flexibility index (Phi) is 4.22. The van der Waals surface area contributed by atoms with Gasteiger partial charge in [0.2, 0.25) is 0 Å². The Balaban J connectivity index is 2.59. The maximum atomic E-state index is 10.8. The van der Waals surface area contributed by atoms with Crippen molar-refractivity contribution in [2.45, 2.75) is 38.4 Å². The van der Waals surface area contributed by atoms with Gasteiger partial charge in [0, 0.05) is 13.8 Å². The van der Waals surface area contributed by atoms with Gasteiger partial charge in [0.15, 0.2) is 12.4 Å². The van der Waals surface area contributed by atoms with Crippen LogP contribution in [0.25, 0.3) is 0 Å². The minimum absolute atomic E-state index is 0.193. The fraction of sp³-hybridized carbons (Fsp3) is 0.778. The molecule has 1 heterocycles. The predicted molar refractivity (Wildman–Crippen MR) is 49.1 cm³/mol. The summed E-state index contributed by atoms with van der Waals surface area (Å²) in [7, 11) is 0. The molecule has 0 spiro atoms. The van der Waals surface area contributed by atoms with Crippen molar-refractivity contribution < 1.29 is 34.0 Å². The zero-order valence-electron chi connectivity index (χ0n) is 8.95. The molecule has 0 aromatic rings. The van der Waals surface area contributed by atoms with Crippen molar-refractivity contribution >= 4 is 11.9 Å². The Morgan fingerprint density at radius 2 is 1.88 bits per heavy atom. The average molecular weight is 234 g/mol. The van der Waals surface area contributed by atoms with E-state index in [1.54, 1.807) is 0 Å². The molecule has 0 saturated carbocycles. The molecule has 7 nitrogen and oxygen atoms in total. The summed E-state index contributed by atoms with van der Waals surface area (Å²) in [6, 6.07) is 0. The van der Waals surface area contributed by atoms with E-state index in [0.717, 1.165) is 0 Å². The SMILES string of the molecule is CC(=O)OC[C@@H]1O[C@@H](O)[C@H](O)[C@H]1OC(C)=O. The molecule has 0 radical (unpaired) electrons. The summed E-state index contributed by atoms with van der Waals surface area (Å²) in [5.74, 6) is -1.14. The second-order valence-electron chi connectivity index (χ2n) is 3.43. The van der Waals surface area contributed by atoms with E-state index in [1.165, 1.54) is 13.8 Å². The number of ether oxygens (including phenoxy) is 3. The topological polar surface area (TPSA) is 102 Å². The fourth-order valence-electron chi connectivity index (χ4n) is 1.39. The van der Waals surface area contributed by atoms with Crippen molar-refractivity contribution in [2.75, 3.05) is 6.61 Å². The third-order valence-corrected chi connectivity index (χ3v) is 2.06. The van der Waals surface area contributed by atoms with E-state index in [2.05, 4.69) is 4.74 Å². The van der Waals surface area contributed by atoms with Crippen LogP contribution in [0.4, 0.5) is 0 Å². The van der Waals surface area contributed by atoms with E-state index in [-0.39, 0.29) is 6.61 Å². The first kappa shape index (κ1) is 12.9. The number of hydrogen-bond donors (Lipinski definition) is 2. The quantitative estimate of drug-likeness (QED) is 0.576. The van der Waals surface area contributed by atoms with Crippen LogP contribution in [0.2, 0.25) is 0 Å². The number of carbonyl (C=O) groups excluding carboxylic acids is 2. The summed E-state index contributed by atoms with van der Waals surface area (Å²) < 4.78 is 14.3. The molecule has 1 rings (SSSR count). The number of aliphatic hydroxyl groups is 2. The molecule has 0 amide bonds. The van der Waals surface area contributed by atoms with Gasteiger partial charge in [0.05, 0.1) is 0 Å². The molecule has 0 bridgehead atoms. The van der Waals surface area contributed by atoms with E-state index < -0.39 is 36.5 Å². The normalized spacial score (nSPS) is 33.5. The lowest BCUT2D eigenvalue weighted by Gasteiger charge is -2.19. The summed E-state index contributed by atoms with van der Waals surface area (Å²) in [6.45, 7) is 2.18. The highest BCUT2D eigenvalue weighted by Gasteiger charge is 2.45. The highest BCUT2D eigenvalue weighted by Crippen LogP contribution is 2.23. The van der Waals surface area contributed by atoms with Gasteiger partial charge in [-0.25, -0.2) is 0 Å². The fourth-order valence-corrected chi connectivity index (χ4v) is 1.39. The molecule has 92 valence electrons. The molecule has 1 aliphatic heterocycles. The second-order valence-corrected chi connectivity index (χ2v) is 3.43. The third-order valence-electron chi connectivity index (χ3n) is 2.06. The molecule has 16 heavy (non-hydrogen) atoms. The molecular weight excluding hydrogens is 220 g/mol. The first-order valence-corrected chi connectivity index (χ1v) is 4.74. The first-order valence-electron chi connectivity index (χ1n) is 4.74. The Bertz CT molecular complexity index is 277. The lowest BCUT2D eigenvalue weighted by Crippen LogP contribution is -2.38. The highest BCUT2D eigenvalue weighted by molar-refractivity contribution is 5.66. The van der Waals surface area contributed by atoms with Crippen LogP contribution < -0.4 is 0 Å². The van der Waals surface area contributed by atoms with Crippen molar-refractivity contribution in [3.63, 3.8) is 0 Å².